The number of benzene rings is 1. The van der Waals surface area contributed by atoms with Crippen LogP contribution in [-0.2, 0) is 20.9 Å². The summed E-state index contributed by atoms with van der Waals surface area (Å²) in [5.74, 6) is -1.97. The Balaban J connectivity index is 1.46. The van der Waals surface area contributed by atoms with Gasteiger partial charge in [0.1, 0.15) is 23.6 Å². The summed E-state index contributed by atoms with van der Waals surface area (Å²) < 4.78 is 15.1. The zero-order chi connectivity index (χ0) is 27.8. The zero-order valence-corrected chi connectivity index (χ0v) is 22.6. The highest BCUT2D eigenvalue weighted by Gasteiger charge is 2.54. The molecule has 202 valence electrons. The number of nitrogens with zero attached hydrogens (tertiary/aromatic N) is 3. The number of carbonyl (C=O) groups excluding carboxylic acids is 3. The summed E-state index contributed by atoms with van der Waals surface area (Å²) in [5.41, 5.74) is 2.54. The van der Waals surface area contributed by atoms with Crippen molar-refractivity contribution in [3.63, 3.8) is 0 Å². The SMILES string of the molecule is Cc1ncsc1-c1ccc(CNC(=O)[C@@H]2[C@@H](F)[C@@H](O)CN2C(=O)[C@@H](NC(=O)C2(C#N)CC2)C(C)(C)C)cc1. The number of carbonyl (C=O) groups is 3. The van der Waals surface area contributed by atoms with Crippen LogP contribution < -0.4 is 10.6 Å². The summed E-state index contributed by atoms with van der Waals surface area (Å²) in [6, 6.07) is 6.87. The van der Waals surface area contributed by atoms with Gasteiger partial charge in [0, 0.05) is 6.54 Å². The highest BCUT2D eigenvalue weighted by Crippen LogP contribution is 2.45. The predicted molar refractivity (Wildman–Crippen MR) is 139 cm³/mol. The smallest absolute Gasteiger partial charge is 0.246 e. The molecule has 1 saturated carbocycles. The largest absolute Gasteiger partial charge is 0.388 e. The summed E-state index contributed by atoms with van der Waals surface area (Å²) in [5, 5.41) is 24.9. The zero-order valence-electron chi connectivity index (χ0n) is 21.8. The van der Waals surface area contributed by atoms with Crippen LogP contribution in [0.1, 0.15) is 44.9 Å². The Hall–Kier alpha value is -3.36. The monoisotopic (exact) mass is 541 g/mol. The molecule has 0 unspecified atom stereocenters. The van der Waals surface area contributed by atoms with Crippen LogP contribution in [0.2, 0.25) is 0 Å². The number of hydrogen-bond acceptors (Lipinski definition) is 7. The lowest BCUT2D eigenvalue weighted by molar-refractivity contribution is -0.145. The van der Waals surface area contributed by atoms with Gasteiger partial charge in [-0.05, 0) is 36.3 Å². The number of β-amino-alcohol motifs (C(OH)–C–C–N with tert-alkyl or cyclic N) is 1. The summed E-state index contributed by atoms with van der Waals surface area (Å²) in [6.45, 7) is 6.84. The van der Waals surface area contributed by atoms with Crippen molar-refractivity contribution in [3.8, 4) is 16.5 Å². The van der Waals surface area contributed by atoms with Crippen molar-refractivity contribution in [2.45, 2.75) is 71.4 Å². The van der Waals surface area contributed by atoms with Gasteiger partial charge in [-0.3, -0.25) is 14.4 Å². The molecular weight excluding hydrogens is 509 g/mol. The number of hydrogen-bond donors (Lipinski definition) is 3. The van der Waals surface area contributed by atoms with Gasteiger partial charge in [-0.25, -0.2) is 9.37 Å². The van der Waals surface area contributed by atoms with E-state index in [0.29, 0.717) is 12.8 Å². The molecule has 1 aromatic heterocycles. The van der Waals surface area contributed by atoms with Crippen LogP contribution in [0.25, 0.3) is 10.4 Å². The maximum atomic E-state index is 15.1. The maximum Gasteiger partial charge on any atom is 0.246 e. The second-order valence-corrected chi connectivity index (χ2v) is 12.0. The molecular formula is C27H32FN5O4S. The van der Waals surface area contributed by atoms with E-state index in [2.05, 4.69) is 15.6 Å². The van der Waals surface area contributed by atoms with E-state index in [1.165, 1.54) is 11.3 Å². The first-order chi connectivity index (χ1) is 17.9. The lowest BCUT2D eigenvalue weighted by Gasteiger charge is -2.35. The molecule has 2 aliphatic rings. The van der Waals surface area contributed by atoms with Crippen molar-refractivity contribution in [1.29, 1.82) is 5.26 Å². The number of halogens is 1. The van der Waals surface area contributed by atoms with Crippen molar-refractivity contribution in [2.75, 3.05) is 6.54 Å². The number of aliphatic hydroxyl groups excluding tert-OH is 1. The number of aryl methyl sites for hydroxylation is 1. The standard InChI is InChI=1S/C27H32FN5O4S/c1-15-21(38-14-31-15)17-7-5-16(6-8-17)11-30-23(35)20-19(28)18(34)12-33(20)24(36)22(26(2,3)4)32-25(37)27(13-29)9-10-27/h5-8,14,18-20,22,34H,9-12H2,1-4H3,(H,30,35)(H,32,37)/t18-,19-,20-,22+/m0/s1. The topological polar surface area (TPSA) is 135 Å². The lowest BCUT2D eigenvalue weighted by atomic mass is 9.85. The third kappa shape index (κ3) is 5.42. The number of amides is 3. The lowest BCUT2D eigenvalue weighted by Crippen LogP contribution is -2.59. The third-order valence-electron chi connectivity index (χ3n) is 7.16. The van der Waals surface area contributed by atoms with Crippen LogP contribution in [0.5, 0.6) is 0 Å². The maximum absolute atomic E-state index is 15.1. The van der Waals surface area contributed by atoms with E-state index < -0.39 is 52.9 Å². The molecule has 3 N–H and O–H groups in total. The van der Waals surface area contributed by atoms with Gasteiger partial charge in [0.05, 0.1) is 28.7 Å². The van der Waals surface area contributed by atoms with Gasteiger partial charge in [-0.2, -0.15) is 5.26 Å². The molecule has 0 bridgehead atoms. The first-order valence-electron chi connectivity index (χ1n) is 12.5. The molecule has 38 heavy (non-hydrogen) atoms. The minimum atomic E-state index is -1.99. The number of nitriles is 1. The first kappa shape index (κ1) is 27.7. The van der Waals surface area contributed by atoms with E-state index in [-0.39, 0.29) is 13.1 Å². The highest BCUT2D eigenvalue weighted by atomic mass is 32.1. The van der Waals surface area contributed by atoms with E-state index in [0.717, 1.165) is 26.6 Å². The first-order valence-corrected chi connectivity index (χ1v) is 13.4. The molecule has 2 fully saturated rings. The van der Waals surface area contributed by atoms with Gasteiger partial charge >= 0.3 is 0 Å². The number of aromatic nitrogens is 1. The molecule has 9 nitrogen and oxygen atoms in total. The average molecular weight is 542 g/mol. The Kier molecular flexibility index (Phi) is 7.59. The fourth-order valence-corrected chi connectivity index (χ4v) is 5.37. The Morgan fingerprint density at radius 3 is 2.47 bits per heavy atom. The Bertz CT molecular complexity index is 1260. The Morgan fingerprint density at radius 1 is 1.29 bits per heavy atom. The summed E-state index contributed by atoms with van der Waals surface area (Å²) >= 11 is 1.53. The van der Waals surface area contributed by atoms with Crippen molar-refractivity contribution >= 4 is 29.1 Å². The van der Waals surface area contributed by atoms with Crippen LogP contribution >= 0.6 is 11.3 Å². The van der Waals surface area contributed by atoms with Crippen LogP contribution in [0.3, 0.4) is 0 Å². The molecule has 3 amide bonds. The van der Waals surface area contributed by atoms with Crippen LogP contribution in [0, 0.1) is 29.1 Å². The van der Waals surface area contributed by atoms with Crippen LogP contribution in [0.15, 0.2) is 29.8 Å². The molecule has 1 aliphatic heterocycles. The fourth-order valence-electron chi connectivity index (χ4n) is 4.56. The molecule has 0 spiro atoms. The number of aliphatic hydroxyl groups is 1. The van der Waals surface area contributed by atoms with E-state index in [1.807, 2.05) is 37.3 Å². The van der Waals surface area contributed by atoms with Crippen molar-refractivity contribution in [1.82, 2.24) is 20.5 Å². The average Bonchev–Trinajstić information content (AvgIpc) is 3.48. The summed E-state index contributed by atoms with van der Waals surface area (Å²) in [4.78, 5) is 45.7. The highest BCUT2D eigenvalue weighted by molar-refractivity contribution is 7.13. The summed E-state index contributed by atoms with van der Waals surface area (Å²) in [6.07, 6.45) is -2.71. The molecule has 1 aliphatic carbocycles. The van der Waals surface area contributed by atoms with Gasteiger partial charge in [-0.15, -0.1) is 11.3 Å². The van der Waals surface area contributed by atoms with E-state index in [9.17, 15) is 24.8 Å². The second-order valence-electron chi connectivity index (χ2n) is 11.1. The number of likely N-dealkylation sites (tertiary alicyclic amines) is 1. The molecule has 2 aromatic rings. The van der Waals surface area contributed by atoms with Gasteiger partial charge in [-0.1, -0.05) is 45.0 Å². The van der Waals surface area contributed by atoms with Gasteiger partial charge in [0.15, 0.2) is 6.17 Å². The van der Waals surface area contributed by atoms with Crippen LogP contribution in [0.4, 0.5) is 4.39 Å². The van der Waals surface area contributed by atoms with E-state index in [1.54, 1.807) is 26.3 Å². The van der Waals surface area contributed by atoms with E-state index >= 15 is 4.39 Å². The van der Waals surface area contributed by atoms with Crippen molar-refractivity contribution in [3.05, 3.63) is 41.0 Å². The molecule has 4 rings (SSSR count). The van der Waals surface area contributed by atoms with Gasteiger partial charge in [0.2, 0.25) is 17.7 Å². The second kappa shape index (κ2) is 10.4. The molecule has 0 radical (unpaired) electrons. The van der Waals surface area contributed by atoms with Gasteiger partial charge < -0.3 is 20.6 Å². The molecule has 1 saturated heterocycles. The quantitative estimate of drug-likeness (QED) is 0.493. The number of rotatable bonds is 7. The number of alkyl halides is 1. The molecule has 2 heterocycles. The molecule has 11 heteroatoms. The molecule has 1 aromatic carbocycles. The minimum absolute atomic E-state index is 0.103. The van der Waals surface area contributed by atoms with Gasteiger partial charge in [0.25, 0.3) is 0 Å². The van der Waals surface area contributed by atoms with Crippen molar-refractivity contribution < 1.29 is 23.9 Å². The van der Waals surface area contributed by atoms with E-state index in [4.69, 9.17) is 0 Å². The minimum Gasteiger partial charge on any atom is -0.388 e. The predicted octanol–water partition coefficient (Wildman–Crippen LogP) is 2.48. The number of nitrogens with one attached hydrogen (secondary N) is 2. The Morgan fingerprint density at radius 2 is 1.95 bits per heavy atom. The molecule has 4 atom stereocenters. The van der Waals surface area contributed by atoms with Crippen molar-refractivity contribution in [2.24, 2.45) is 10.8 Å². The Labute approximate surface area is 225 Å². The number of thiazole rings is 1. The van der Waals surface area contributed by atoms with Crippen LogP contribution in [-0.4, -0.2) is 63.6 Å². The summed E-state index contributed by atoms with van der Waals surface area (Å²) in [7, 11) is 0. The fraction of sp³-hybridized carbons (Fsp3) is 0.519. The third-order valence-corrected chi connectivity index (χ3v) is 8.13. The normalized spacial score (nSPS) is 22.9.